The fraction of sp³-hybridized carbons (Fsp3) is 0.462. The number of likely N-dealkylation sites (N-methyl/N-ethyl adjacent to an activating group) is 1. The number of carbonyl (C=O) groups is 1. The van der Waals surface area contributed by atoms with E-state index in [0.717, 1.165) is 19.6 Å². The Balaban J connectivity index is 2.15. The number of nitrogens with zero attached hydrogens (tertiary/aromatic N) is 2. The van der Waals surface area contributed by atoms with E-state index in [-0.39, 0.29) is 10.6 Å². The largest absolute Gasteiger partial charge is 0.336 e. The normalized spacial score (nSPS) is 16.7. The van der Waals surface area contributed by atoms with Crippen molar-refractivity contribution >= 4 is 17.5 Å². The molecule has 1 saturated heterocycles. The predicted octanol–water partition coefficient (Wildman–Crippen LogP) is 2.40. The molecule has 0 aromatic heterocycles. The van der Waals surface area contributed by atoms with Crippen LogP contribution in [0.1, 0.15) is 17.3 Å². The van der Waals surface area contributed by atoms with Crippen molar-refractivity contribution in [3.8, 4) is 0 Å². The highest BCUT2D eigenvalue weighted by molar-refractivity contribution is 6.30. The fourth-order valence-electron chi connectivity index (χ4n) is 2.13. The maximum atomic E-state index is 13.7. The van der Waals surface area contributed by atoms with E-state index in [1.807, 2.05) is 6.92 Å². The van der Waals surface area contributed by atoms with Crippen molar-refractivity contribution in [3.05, 3.63) is 34.4 Å². The third kappa shape index (κ3) is 2.87. The summed E-state index contributed by atoms with van der Waals surface area (Å²) in [5.74, 6) is -2.82. The summed E-state index contributed by atoms with van der Waals surface area (Å²) < 4.78 is 27.0. The Morgan fingerprint density at radius 2 is 1.84 bits per heavy atom. The van der Waals surface area contributed by atoms with Crippen molar-refractivity contribution < 1.29 is 13.6 Å². The fourth-order valence-corrected chi connectivity index (χ4v) is 2.27. The zero-order valence-electron chi connectivity index (χ0n) is 10.6. The first kappa shape index (κ1) is 14.2. The minimum absolute atomic E-state index is 0.258. The van der Waals surface area contributed by atoms with Crippen LogP contribution in [0.4, 0.5) is 8.78 Å². The predicted molar refractivity (Wildman–Crippen MR) is 69.4 cm³/mol. The number of hydrogen-bond donors (Lipinski definition) is 0. The summed E-state index contributed by atoms with van der Waals surface area (Å²) in [7, 11) is 0. The van der Waals surface area contributed by atoms with E-state index >= 15 is 0 Å². The highest BCUT2D eigenvalue weighted by Gasteiger charge is 2.25. The van der Waals surface area contributed by atoms with Crippen molar-refractivity contribution in [2.45, 2.75) is 6.92 Å². The summed E-state index contributed by atoms with van der Waals surface area (Å²) in [4.78, 5) is 15.9. The zero-order valence-corrected chi connectivity index (χ0v) is 11.4. The second-order valence-electron chi connectivity index (χ2n) is 4.45. The van der Waals surface area contributed by atoms with Gasteiger partial charge >= 0.3 is 0 Å². The van der Waals surface area contributed by atoms with Gasteiger partial charge in [-0.2, -0.15) is 0 Å². The first-order valence-electron chi connectivity index (χ1n) is 6.19. The number of rotatable bonds is 2. The van der Waals surface area contributed by atoms with E-state index < -0.39 is 17.5 Å². The van der Waals surface area contributed by atoms with E-state index in [1.165, 1.54) is 17.0 Å². The van der Waals surface area contributed by atoms with Crippen molar-refractivity contribution in [1.82, 2.24) is 9.80 Å². The lowest BCUT2D eigenvalue weighted by Crippen LogP contribution is -2.48. The highest BCUT2D eigenvalue weighted by atomic mass is 35.5. The van der Waals surface area contributed by atoms with E-state index in [0.29, 0.717) is 13.1 Å². The van der Waals surface area contributed by atoms with E-state index in [2.05, 4.69) is 4.90 Å². The quantitative estimate of drug-likeness (QED) is 0.780. The van der Waals surface area contributed by atoms with Gasteiger partial charge in [0.15, 0.2) is 11.6 Å². The van der Waals surface area contributed by atoms with Gasteiger partial charge in [-0.05, 0) is 18.7 Å². The zero-order chi connectivity index (χ0) is 14.0. The molecule has 1 amide bonds. The van der Waals surface area contributed by atoms with Crippen molar-refractivity contribution in [2.24, 2.45) is 0 Å². The first-order chi connectivity index (χ1) is 9.04. The molecule has 0 atom stereocenters. The molecule has 0 bridgehead atoms. The molecule has 0 N–H and O–H groups in total. The van der Waals surface area contributed by atoms with Crippen molar-refractivity contribution in [2.75, 3.05) is 32.7 Å². The van der Waals surface area contributed by atoms with Gasteiger partial charge < -0.3 is 9.80 Å². The molecule has 1 aliphatic rings. The molecule has 0 saturated carbocycles. The van der Waals surface area contributed by atoms with E-state index in [9.17, 15) is 13.6 Å². The molecule has 0 radical (unpaired) electrons. The maximum Gasteiger partial charge on any atom is 0.257 e. The van der Waals surface area contributed by atoms with Gasteiger partial charge in [-0.1, -0.05) is 18.5 Å². The lowest BCUT2D eigenvalue weighted by molar-refractivity contribution is 0.0637. The van der Waals surface area contributed by atoms with Gasteiger partial charge in [0.25, 0.3) is 5.91 Å². The van der Waals surface area contributed by atoms with Crippen LogP contribution in [-0.2, 0) is 0 Å². The molecule has 2 rings (SSSR count). The van der Waals surface area contributed by atoms with Gasteiger partial charge in [0.1, 0.15) is 0 Å². The number of carbonyl (C=O) groups excluding carboxylic acids is 1. The van der Waals surface area contributed by atoms with Crippen LogP contribution in [0.3, 0.4) is 0 Å². The molecular weight excluding hydrogens is 274 g/mol. The number of hydrogen-bond acceptors (Lipinski definition) is 2. The Morgan fingerprint density at radius 3 is 2.42 bits per heavy atom. The molecule has 1 aliphatic heterocycles. The summed E-state index contributed by atoms with van der Waals surface area (Å²) >= 11 is 5.47. The third-order valence-electron chi connectivity index (χ3n) is 3.37. The van der Waals surface area contributed by atoms with Gasteiger partial charge in [-0.15, -0.1) is 0 Å². The number of benzene rings is 1. The lowest BCUT2D eigenvalue weighted by Gasteiger charge is -2.34. The van der Waals surface area contributed by atoms with Crippen LogP contribution in [0.5, 0.6) is 0 Å². The monoisotopic (exact) mass is 288 g/mol. The van der Waals surface area contributed by atoms with Gasteiger partial charge in [-0.3, -0.25) is 4.79 Å². The number of halogens is 3. The van der Waals surface area contributed by atoms with Crippen LogP contribution in [0.25, 0.3) is 0 Å². The molecule has 6 heteroatoms. The summed E-state index contributed by atoms with van der Waals surface area (Å²) in [6.45, 7) is 5.52. The van der Waals surface area contributed by atoms with Crippen molar-refractivity contribution in [1.29, 1.82) is 0 Å². The molecular formula is C13H15ClF2N2O. The SMILES string of the molecule is CCN1CCN(C(=O)c2ccc(Cl)c(F)c2F)CC1. The topological polar surface area (TPSA) is 23.6 Å². The number of amides is 1. The maximum absolute atomic E-state index is 13.7. The van der Waals surface area contributed by atoms with Gasteiger partial charge in [0.2, 0.25) is 0 Å². The second-order valence-corrected chi connectivity index (χ2v) is 4.86. The minimum atomic E-state index is -1.17. The molecule has 3 nitrogen and oxygen atoms in total. The highest BCUT2D eigenvalue weighted by Crippen LogP contribution is 2.22. The van der Waals surface area contributed by atoms with Gasteiger partial charge in [0, 0.05) is 26.2 Å². The number of piperazine rings is 1. The molecule has 19 heavy (non-hydrogen) atoms. The third-order valence-corrected chi connectivity index (χ3v) is 3.66. The first-order valence-corrected chi connectivity index (χ1v) is 6.57. The molecule has 1 aromatic carbocycles. The molecule has 0 aliphatic carbocycles. The molecule has 0 spiro atoms. The van der Waals surface area contributed by atoms with Crippen LogP contribution < -0.4 is 0 Å². The average molecular weight is 289 g/mol. The Hall–Kier alpha value is -1.20. The Morgan fingerprint density at radius 1 is 1.21 bits per heavy atom. The van der Waals surface area contributed by atoms with Crippen LogP contribution in [0.15, 0.2) is 12.1 Å². The molecule has 1 fully saturated rings. The van der Waals surface area contributed by atoms with Crippen LogP contribution in [-0.4, -0.2) is 48.4 Å². The second kappa shape index (κ2) is 5.84. The molecule has 1 aromatic rings. The molecule has 1 heterocycles. The Kier molecular flexibility index (Phi) is 4.37. The average Bonchev–Trinajstić information content (AvgIpc) is 2.44. The summed E-state index contributed by atoms with van der Waals surface area (Å²) in [5, 5.41) is -0.315. The summed E-state index contributed by atoms with van der Waals surface area (Å²) in [6, 6.07) is 2.44. The Bertz CT molecular complexity index is 488. The van der Waals surface area contributed by atoms with Crippen LogP contribution in [0.2, 0.25) is 5.02 Å². The van der Waals surface area contributed by atoms with Crippen LogP contribution in [0, 0.1) is 11.6 Å². The van der Waals surface area contributed by atoms with E-state index in [1.54, 1.807) is 0 Å². The standard InChI is InChI=1S/C13H15ClF2N2O/c1-2-17-5-7-18(8-6-17)13(19)9-3-4-10(14)12(16)11(9)15/h3-4H,2,5-8H2,1H3. The van der Waals surface area contributed by atoms with Gasteiger partial charge in [-0.25, -0.2) is 8.78 Å². The molecule has 104 valence electrons. The molecule has 0 unspecified atom stereocenters. The van der Waals surface area contributed by atoms with Gasteiger partial charge in [0.05, 0.1) is 10.6 Å². The smallest absolute Gasteiger partial charge is 0.257 e. The summed E-state index contributed by atoms with van der Waals surface area (Å²) in [6.07, 6.45) is 0. The van der Waals surface area contributed by atoms with Crippen LogP contribution >= 0.6 is 11.6 Å². The van der Waals surface area contributed by atoms with E-state index in [4.69, 9.17) is 11.6 Å². The Labute approximate surface area is 115 Å². The summed E-state index contributed by atoms with van der Waals surface area (Å²) in [5.41, 5.74) is -0.258. The minimum Gasteiger partial charge on any atom is -0.336 e. The van der Waals surface area contributed by atoms with Crippen molar-refractivity contribution in [3.63, 3.8) is 0 Å². The lowest BCUT2D eigenvalue weighted by atomic mass is 10.1.